The Morgan fingerprint density at radius 3 is 2.89 bits per heavy atom. The van der Waals surface area contributed by atoms with Crippen molar-refractivity contribution in [2.24, 2.45) is 5.84 Å². The van der Waals surface area contributed by atoms with Crippen molar-refractivity contribution in [2.75, 3.05) is 13.2 Å². The molecule has 0 saturated carbocycles. The van der Waals surface area contributed by atoms with E-state index in [-0.39, 0.29) is 0 Å². The number of furan rings is 1. The summed E-state index contributed by atoms with van der Waals surface area (Å²) in [4.78, 5) is 11.8. The van der Waals surface area contributed by atoms with Gasteiger partial charge in [0.25, 0.3) is 0 Å². The summed E-state index contributed by atoms with van der Waals surface area (Å²) >= 11 is 1.77. The van der Waals surface area contributed by atoms with Gasteiger partial charge in [-0.2, -0.15) is 0 Å². The normalized spacial score (nSPS) is 15.4. The Morgan fingerprint density at radius 1 is 1.42 bits per heavy atom. The molecule has 0 atom stereocenters. The second kappa shape index (κ2) is 5.24. The molecule has 2 heterocycles. The van der Waals surface area contributed by atoms with Gasteiger partial charge in [0.1, 0.15) is 5.58 Å². The Kier molecular flexibility index (Phi) is 3.46. The Balaban J connectivity index is 1.94. The molecular weight excluding hydrogens is 264 g/mol. The van der Waals surface area contributed by atoms with E-state index in [4.69, 9.17) is 15.0 Å². The maximum Gasteiger partial charge on any atom is 0.301 e. The number of ether oxygens (including phenoxy) is 1. The van der Waals surface area contributed by atoms with Crippen LogP contribution in [0.15, 0.2) is 28.7 Å². The number of rotatable bonds is 4. The predicted octanol–water partition coefficient (Wildman–Crippen LogP) is 1.67. The molecule has 6 heteroatoms. The molecule has 1 amide bonds. The van der Waals surface area contributed by atoms with Gasteiger partial charge in [-0.05, 0) is 6.07 Å². The second-order valence-corrected chi connectivity index (χ2v) is 5.64. The first kappa shape index (κ1) is 12.5. The fraction of sp³-hybridized carbons (Fsp3) is 0.308. The number of thioether (sulfide) groups is 1. The van der Waals surface area contributed by atoms with Crippen LogP contribution in [-0.2, 0) is 10.5 Å². The van der Waals surface area contributed by atoms with E-state index in [1.54, 1.807) is 11.8 Å². The largest absolute Gasteiger partial charge is 0.451 e. The number of benzene rings is 1. The van der Waals surface area contributed by atoms with Crippen LogP contribution in [0.25, 0.3) is 11.0 Å². The molecule has 19 heavy (non-hydrogen) atoms. The summed E-state index contributed by atoms with van der Waals surface area (Å²) in [5.74, 6) is 5.83. The van der Waals surface area contributed by atoms with Crippen molar-refractivity contribution in [3.63, 3.8) is 0 Å². The molecule has 1 aliphatic rings. The number of carbonyl (C=O) groups is 1. The average Bonchev–Trinajstić information content (AvgIpc) is 2.75. The lowest BCUT2D eigenvalue weighted by Crippen LogP contribution is -2.31. The molecule has 1 aromatic carbocycles. The number of amides is 1. The highest BCUT2D eigenvalue weighted by molar-refractivity contribution is 7.99. The highest BCUT2D eigenvalue weighted by atomic mass is 32.2. The van der Waals surface area contributed by atoms with Crippen LogP contribution in [0.4, 0.5) is 0 Å². The van der Waals surface area contributed by atoms with E-state index in [2.05, 4.69) is 5.43 Å². The summed E-state index contributed by atoms with van der Waals surface area (Å²) < 4.78 is 10.7. The zero-order chi connectivity index (χ0) is 13.2. The number of hydrogen-bond donors (Lipinski definition) is 2. The van der Waals surface area contributed by atoms with Gasteiger partial charge >= 0.3 is 5.91 Å². The van der Waals surface area contributed by atoms with Crippen LogP contribution in [-0.4, -0.2) is 24.4 Å². The molecule has 0 radical (unpaired) electrons. The molecule has 0 aliphatic carbocycles. The quantitative estimate of drug-likeness (QED) is 0.505. The van der Waals surface area contributed by atoms with Crippen molar-refractivity contribution in [1.82, 2.24) is 5.43 Å². The molecule has 1 saturated heterocycles. The molecule has 100 valence electrons. The minimum Gasteiger partial charge on any atom is -0.451 e. The first-order valence-electron chi connectivity index (χ1n) is 6.00. The van der Waals surface area contributed by atoms with Gasteiger partial charge in [-0.1, -0.05) is 18.2 Å². The van der Waals surface area contributed by atoms with Gasteiger partial charge in [0.2, 0.25) is 0 Å². The van der Waals surface area contributed by atoms with Crippen LogP contribution in [0.3, 0.4) is 0 Å². The molecule has 3 rings (SSSR count). The van der Waals surface area contributed by atoms with Crippen LogP contribution in [0.5, 0.6) is 0 Å². The summed E-state index contributed by atoms with van der Waals surface area (Å²) in [6, 6.07) is 7.62. The molecule has 0 unspecified atom stereocenters. The zero-order valence-corrected chi connectivity index (χ0v) is 11.0. The van der Waals surface area contributed by atoms with Crippen molar-refractivity contribution in [1.29, 1.82) is 0 Å². The molecule has 3 N–H and O–H groups in total. The number of carbonyl (C=O) groups excluding carboxylic acids is 1. The zero-order valence-electron chi connectivity index (χ0n) is 10.2. The van der Waals surface area contributed by atoms with Crippen molar-refractivity contribution < 1.29 is 13.9 Å². The average molecular weight is 278 g/mol. The van der Waals surface area contributed by atoms with Crippen molar-refractivity contribution in [2.45, 2.75) is 11.0 Å². The Labute approximate surface area is 114 Å². The highest BCUT2D eigenvalue weighted by Gasteiger charge is 2.23. The van der Waals surface area contributed by atoms with Crippen LogP contribution < -0.4 is 11.3 Å². The van der Waals surface area contributed by atoms with Gasteiger partial charge in [0.15, 0.2) is 5.76 Å². The minimum atomic E-state index is -0.392. The molecule has 5 nitrogen and oxygen atoms in total. The van der Waals surface area contributed by atoms with Gasteiger partial charge in [-0.3, -0.25) is 10.2 Å². The fourth-order valence-electron chi connectivity index (χ4n) is 2.00. The maximum atomic E-state index is 11.8. The van der Waals surface area contributed by atoms with Crippen LogP contribution in [0.1, 0.15) is 16.1 Å². The fourth-order valence-corrected chi connectivity index (χ4v) is 3.08. The standard InChI is InChI=1S/C13H14N2O3S/c14-15-13(16)12-10(7-19-8-5-17-6-8)9-3-1-2-4-11(9)18-12/h1-4,8H,5-7,14H2,(H,15,16). The summed E-state index contributed by atoms with van der Waals surface area (Å²) in [5.41, 5.74) is 3.74. The van der Waals surface area contributed by atoms with E-state index < -0.39 is 5.91 Å². The van der Waals surface area contributed by atoms with Crippen LogP contribution in [0, 0.1) is 0 Å². The number of hydrogen-bond acceptors (Lipinski definition) is 5. The summed E-state index contributed by atoms with van der Waals surface area (Å²) in [5, 5.41) is 1.47. The number of hydrazine groups is 1. The van der Waals surface area contributed by atoms with Crippen molar-refractivity contribution in [3.05, 3.63) is 35.6 Å². The molecule has 1 fully saturated rings. The maximum absolute atomic E-state index is 11.8. The van der Waals surface area contributed by atoms with Gasteiger partial charge < -0.3 is 9.15 Å². The third kappa shape index (κ3) is 2.34. The Bertz CT molecular complexity index is 607. The van der Waals surface area contributed by atoms with E-state index in [0.717, 1.165) is 24.2 Å². The lowest BCUT2D eigenvalue weighted by molar-refractivity contribution is 0.0455. The Hall–Kier alpha value is -1.50. The molecular formula is C13H14N2O3S. The molecule has 0 spiro atoms. The predicted molar refractivity (Wildman–Crippen MR) is 73.8 cm³/mol. The van der Waals surface area contributed by atoms with Crippen LogP contribution >= 0.6 is 11.8 Å². The summed E-state index contributed by atoms with van der Waals surface area (Å²) in [6.45, 7) is 1.55. The first-order chi connectivity index (χ1) is 9.29. The number of fused-ring (bicyclic) bond motifs is 1. The second-order valence-electron chi connectivity index (χ2n) is 4.35. The number of nitrogens with one attached hydrogen (secondary N) is 1. The number of nitrogen functional groups attached to an aromatic ring is 1. The summed E-state index contributed by atoms with van der Waals surface area (Å²) in [6.07, 6.45) is 0. The summed E-state index contributed by atoms with van der Waals surface area (Å²) in [7, 11) is 0. The van der Waals surface area contributed by atoms with Crippen LogP contribution in [0.2, 0.25) is 0 Å². The van der Waals surface area contributed by atoms with Gasteiger partial charge in [-0.25, -0.2) is 5.84 Å². The van der Waals surface area contributed by atoms with E-state index in [1.807, 2.05) is 24.3 Å². The van der Waals surface area contributed by atoms with Crippen molar-refractivity contribution >= 4 is 28.6 Å². The van der Waals surface area contributed by atoms with Gasteiger partial charge in [-0.15, -0.1) is 11.8 Å². The smallest absolute Gasteiger partial charge is 0.301 e. The Morgan fingerprint density at radius 2 is 2.21 bits per heavy atom. The van der Waals surface area contributed by atoms with E-state index in [9.17, 15) is 4.79 Å². The lowest BCUT2D eigenvalue weighted by Gasteiger charge is -2.25. The van der Waals surface area contributed by atoms with E-state index in [0.29, 0.717) is 22.3 Å². The molecule has 0 bridgehead atoms. The third-order valence-corrected chi connectivity index (χ3v) is 4.31. The van der Waals surface area contributed by atoms with E-state index >= 15 is 0 Å². The highest BCUT2D eigenvalue weighted by Crippen LogP contribution is 2.32. The monoisotopic (exact) mass is 278 g/mol. The lowest BCUT2D eigenvalue weighted by atomic mass is 10.1. The topological polar surface area (TPSA) is 77.5 Å². The van der Waals surface area contributed by atoms with Gasteiger partial charge in [0.05, 0.1) is 18.5 Å². The minimum absolute atomic E-state index is 0.302. The third-order valence-electron chi connectivity index (χ3n) is 3.11. The van der Waals surface area contributed by atoms with Crippen molar-refractivity contribution in [3.8, 4) is 0 Å². The SMILES string of the molecule is NNC(=O)c1oc2ccccc2c1CSC1COC1. The molecule has 2 aromatic rings. The number of nitrogens with two attached hydrogens (primary N) is 1. The number of para-hydroxylation sites is 1. The molecule has 1 aliphatic heterocycles. The molecule has 1 aromatic heterocycles. The first-order valence-corrected chi connectivity index (χ1v) is 7.05. The van der Waals surface area contributed by atoms with E-state index in [1.165, 1.54) is 0 Å². The van der Waals surface area contributed by atoms with Gasteiger partial charge in [0, 0.05) is 16.7 Å².